The summed E-state index contributed by atoms with van der Waals surface area (Å²) < 4.78 is 28.2. The first-order chi connectivity index (χ1) is 11.8. The summed E-state index contributed by atoms with van der Waals surface area (Å²) in [5.74, 6) is 0.482. The quantitative estimate of drug-likeness (QED) is 0.626. The molecule has 3 nitrogen and oxygen atoms in total. The molecule has 1 N–H and O–H groups in total. The third kappa shape index (κ3) is 4.98. The van der Waals surface area contributed by atoms with Crippen LogP contribution in [0.4, 0.5) is 0 Å². The van der Waals surface area contributed by atoms with Crippen LogP contribution in [0.1, 0.15) is 56.7 Å². The van der Waals surface area contributed by atoms with E-state index in [0.29, 0.717) is 17.4 Å². The van der Waals surface area contributed by atoms with Crippen molar-refractivity contribution in [3.8, 4) is 0 Å². The van der Waals surface area contributed by atoms with E-state index < -0.39 is 10.0 Å². The van der Waals surface area contributed by atoms with Crippen molar-refractivity contribution in [2.24, 2.45) is 0 Å². The topological polar surface area (TPSA) is 46.2 Å². The van der Waals surface area contributed by atoms with Gasteiger partial charge in [0.25, 0.3) is 0 Å². The van der Waals surface area contributed by atoms with E-state index in [1.165, 1.54) is 17.7 Å². The van der Waals surface area contributed by atoms with Crippen LogP contribution >= 0.6 is 23.2 Å². The molecule has 2 aromatic rings. The fourth-order valence-corrected chi connectivity index (χ4v) is 4.68. The maximum Gasteiger partial charge on any atom is 0.242 e. The van der Waals surface area contributed by atoms with Gasteiger partial charge in [0.15, 0.2) is 0 Å². The third-order valence-corrected chi connectivity index (χ3v) is 6.60. The molecule has 0 saturated carbocycles. The molecule has 2 aromatic carbocycles. The highest BCUT2D eigenvalue weighted by Gasteiger charge is 2.23. The van der Waals surface area contributed by atoms with Gasteiger partial charge in [0.2, 0.25) is 10.0 Å². The third-order valence-electron chi connectivity index (χ3n) is 4.41. The lowest BCUT2D eigenvalue weighted by Crippen LogP contribution is -2.28. The predicted molar refractivity (Wildman–Crippen MR) is 105 cm³/mol. The normalized spacial score (nSPS) is 14.3. The van der Waals surface area contributed by atoms with Crippen LogP contribution in [-0.2, 0) is 10.0 Å². The molecule has 6 heteroatoms. The highest BCUT2D eigenvalue weighted by atomic mass is 35.5. The summed E-state index contributed by atoms with van der Waals surface area (Å²) in [5.41, 5.74) is 2.18. The van der Waals surface area contributed by atoms with Crippen molar-refractivity contribution in [2.75, 3.05) is 0 Å². The number of sulfonamides is 1. The molecule has 0 saturated heterocycles. The minimum atomic E-state index is -3.77. The maximum absolute atomic E-state index is 12.7. The Hall–Kier alpha value is -1.07. The zero-order valence-corrected chi connectivity index (χ0v) is 16.9. The lowest BCUT2D eigenvalue weighted by Gasteiger charge is -2.19. The molecule has 0 amide bonds. The molecule has 0 radical (unpaired) electrons. The van der Waals surface area contributed by atoms with Crippen LogP contribution in [0.2, 0.25) is 10.0 Å². The van der Waals surface area contributed by atoms with Crippen LogP contribution in [0.5, 0.6) is 0 Å². The predicted octanol–water partition coefficient (Wildman–Crippen LogP) is 5.94. The van der Waals surface area contributed by atoms with Crippen LogP contribution < -0.4 is 4.72 Å². The lowest BCUT2D eigenvalue weighted by molar-refractivity contribution is 0.550. The van der Waals surface area contributed by atoms with E-state index in [9.17, 15) is 8.42 Å². The summed E-state index contributed by atoms with van der Waals surface area (Å²) in [4.78, 5) is -0.00339. The van der Waals surface area contributed by atoms with Gasteiger partial charge in [-0.05, 0) is 48.1 Å². The summed E-state index contributed by atoms with van der Waals surface area (Å²) in [6, 6.07) is 12.2. The van der Waals surface area contributed by atoms with E-state index in [4.69, 9.17) is 23.2 Å². The van der Waals surface area contributed by atoms with E-state index in [1.807, 2.05) is 19.1 Å². The van der Waals surface area contributed by atoms with Crippen molar-refractivity contribution in [3.05, 3.63) is 63.6 Å². The first kappa shape index (κ1) is 20.2. The first-order valence-electron chi connectivity index (χ1n) is 8.35. The van der Waals surface area contributed by atoms with E-state index >= 15 is 0 Å². The van der Waals surface area contributed by atoms with E-state index in [2.05, 4.69) is 30.7 Å². The summed E-state index contributed by atoms with van der Waals surface area (Å²) in [7, 11) is -3.77. The summed E-state index contributed by atoms with van der Waals surface area (Å²) >= 11 is 12.0. The standard InChI is InChI=1S/C19H23Cl2NO2S/c1-4-13(3)14-6-8-15(9-7-14)18(5-2)22-25(23,24)19-12-16(20)10-11-17(19)21/h6-13,18,22H,4-5H2,1-3H3. The minimum absolute atomic E-state index is 0.00339. The smallest absolute Gasteiger partial charge is 0.207 e. The van der Waals surface area contributed by atoms with Gasteiger partial charge in [-0.1, -0.05) is 68.2 Å². The average molecular weight is 400 g/mol. The first-order valence-corrected chi connectivity index (χ1v) is 10.6. The van der Waals surface area contributed by atoms with E-state index in [1.54, 1.807) is 6.07 Å². The zero-order valence-electron chi connectivity index (χ0n) is 14.6. The van der Waals surface area contributed by atoms with Crippen LogP contribution in [-0.4, -0.2) is 8.42 Å². The van der Waals surface area contributed by atoms with Crippen molar-refractivity contribution in [3.63, 3.8) is 0 Å². The van der Waals surface area contributed by atoms with Crippen LogP contribution in [0, 0.1) is 0 Å². The summed E-state index contributed by atoms with van der Waals surface area (Å²) in [6.45, 7) is 6.27. The molecule has 0 spiro atoms. The van der Waals surface area contributed by atoms with E-state index in [-0.39, 0.29) is 16.0 Å². The minimum Gasteiger partial charge on any atom is -0.207 e. The van der Waals surface area contributed by atoms with Crippen molar-refractivity contribution in [2.45, 2.75) is 50.5 Å². The Labute approximate surface area is 160 Å². The Morgan fingerprint density at radius 2 is 1.56 bits per heavy atom. The number of hydrogen-bond donors (Lipinski definition) is 1. The van der Waals surface area contributed by atoms with Gasteiger partial charge in [-0.2, -0.15) is 0 Å². The lowest BCUT2D eigenvalue weighted by atomic mass is 9.96. The Kier molecular flexibility index (Phi) is 6.92. The zero-order chi connectivity index (χ0) is 18.6. The second-order valence-corrected chi connectivity index (χ2v) is 8.66. The molecule has 2 rings (SSSR count). The molecule has 2 atom stereocenters. The molecule has 136 valence electrons. The van der Waals surface area contributed by atoms with E-state index in [0.717, 1.165) is 12.0 Å². The van der Waals surface area contributed by atoms with Gasteiger partial charge in [-0.15, -0.1) is 0 Å². The number of hydrogen-bond acceptors (Lipinski definition) is 2. The molecule has 0 aliphatic carbocycles. The monoisotopic (exact) mass is 399 g/mol. The van der Waals surface area contributed by atoms with Crippen molar-refractivity contribution in [1.82, 2.24) is 4.72 Å². The molecule has 0 aliphatic rings. The van der Waals surface area contributed by atoms with Crippen molar-refractivity contribution in [1.29, 1.82) is 0 Å². The Bertz CT molecular complexity index is 820. The van der Waals surface area contributed by atoms with Gasteiger partial charge in [0, 0.05) is 11.1 Å². The second kappa shape index (κ2) is 8.54. The fourth-order valence-electron chi connectivity index (χ4n) is 2.61. The van der Waals surface area contributed by atoms with Gasteiger partial charge in [0.1, 0.15) is 4.90 Å². The van der Waals surface area contributed by atoms with Crippen molar-refractivity contribution < 1.29 is 8.42 Å². The van der Waals surface area contributed by atoms with Crippen LogP contribution in [0.3, 0.4) is 0 Å². The molecule has 0 heterocycles. The summed E-state index contributed by atoms with van der Waals surface area (Å²) in [6.07, 6.45) is 1.69. The molecule has 0 bridgehead atoms. The molecule has 2 unspecified atom stereocenters. The molecular weight excluding hydrogens is 377 g/mol. The van der Waals surface area contributed by atoms with Crippen LogP contribution in [0.25, 0.3) is 0 Å². The Morgan fingerprint density at radius 1 is 0.960 bits per heavy atom. The van der Waals surface area contributed by atoms with Crippen LogP contribution in [0.15, 0.2) is 47.4 Å². The molecule has 25 heavy (non-hydrogen) atoms. The molecule has 0 aromatic heterocycles. The number of rotatable bonds is 7. The number of benzene rings is 2. The summed E-state index contributed by atoms with van der Waals surface area (Å²) in [5, 5.41) is 0.481. The van der Waals surface area contributed by atoms with Gasteiger partial charge in [0.05, 0.1) is 5.02 Å². The highest BCUT2D eigenvalue weighted by molar-refractivity contribution is 7.89. The molecule has 0 fully saturated rings. The maximum atomic E-state index is 12.7. The number of nitrogens with one attached hydrogen (secondary N) is 1. The van der Waals surface area contributed by atoms with Gasteiger partial charge >= 0.3 is 0 Å². The Morgan fingerprint density at radius 3 is 2.12 bits per heavy atom. The molecule has 0 aliphatic heterocycles. The highest BCUT2D eigenvalue weighted by Crippen LogP contribution is 2.28. The average Bonchev–Trinajstić information content (AvgIpc) is 2.61. The second-order valence-electron chi connectivity index (χ2n) is 6.13. The van der Waals surface area contributed by atoms with Gasteiger partial charge in [-0.25, -0.2) is 13.1 Å². The fraction of sp³-hybridized carbons (Fsp3) is 0.368. The van der Waals surface area contributed by atoms with Gasteiger partial charge in [-0.3, -0.25) is 0 Å². The largest absolute Gasteiger partial charge is 0.242 e. The SMILES string of the molecule is CCC(C)c1ccc(C(CC)NS(=O)(=O)c2cc(Cl)ccc2Cl)cc1. The Balaban J connectivity index is 2.28. The van der Waals surface area contributed by atoms with Gasteiger partial charge < -0.3 is 0 Å². The van der Waals surface area contributed by atoms with Crippen molar-refractivity contribution >= 4 is 33.2 Å². The number of halogens is 2. The molecular formula is C19H23Cl2NO2S.